The third kappa shape index (κ3) is 5.08. The molecule has 2 aromatic rings. The first-order valence-electron chi connectivity index (χ1n) is 7.21. The monoisotopic (exact) mass is 350 g/mol. The smallest absolute Gasteiger partial charge is 0.310 e. The van der Waals surface area contributed by atoms with Crippen molar-refractivity contribution in [3.05, 3.63) is 69.2 Å². The maximum atomic E-state index is 12.0. The van der Waals surface area contributed by atoms with Gasteiger partial charge in [-0.05, 0) is 29.7 Å². The second-order valence-corrected chi connectivity index (χ2v) is 5.89. The number of hydrogen-bond acceptors (Lipinski definition) is 3. The minimum atomic E-state index is -0.507. The van der Waals surface area contributed by atoms with E-state index >= 15 is 0 Å². The van der Waals surface area contributed by atoms with Gasteiger partial charge in [0.2, 0.25) is 0 Å². The average molecular weight is 351 g/mol. The Bertz CT molecular complexity index is 709. The van der Waals surface area contributed by atoms with Crippen LogP contribution >= 0.6 is 23.2 Å². The van der Waals surface area contributed by atoms with E-state index in [1.807, 2.05) is 19.1 Å². The molecular weight excluding hydrogens is 335 g/mol. The summed E-state index contributed by atoms with van der Waals surface area (Å²) < 4.78 is 5.02. The van der Waals surface area contributed by atoms with Gasteiger partial charge in [-0.1, -0.05) is 60.5 Å². The van der Waals surface area contributed by atoms with Gasteiger partial charge in [-0.3, -0.25) is 9.59 Å². The Labute approximate surface area is 145 Å². The summed E-state index contributed by atoms with van der Waals surface area (Å²) >= 11 is 11.8. The standard InChI is InChI=1S/C18H16Cl2O3/c1-2-12-3-5-13(6-4-12)17(21)11-23-18(22)9-14-7-8-15(19)10-16(14)20/h3-8,10H,2,9,11H2,1H3. The highest BCUT2D eigenvalue weighted by Crippen LogP contribution is 2.21. The van der Waals surface area contributed by atoms with Crippen molar-refractivity contribution in [1.29, 1.82) is 0 Å². The lowest BCUT2D eigenvalue weighted by atomic mass is 10.1. The maximum Gasteiger partial charge on any atom is 0.310 e. The van der Waals surface area contributed by atoms with Crippen LogP contribution in [0.25, 0.3) is 0 Å². The molecule has 0 amide bonds. The van der Waals surface area contributed by atoms with Gasteiger partial charge in [-0.25, -0.2) is 0 Å². The van der Waals surface area contributed by atoms with Gasteiger partial charge in [-0.15, -0.1) is 0 Å². The van der Waals surface area contributed by atoms with Crippen molar-refractivity contribution in [2.24, 2.45) is 0 Å². The number of ketones is 1. The van der Waals surface area contributed by atoms with Gasteiger partial charge in [0.15, 0.2) is 12.4 Å². The Morgan fingerprint density at radius 1 is 1.04 bits per heavy atom. The fraction of sp³-hybridized carbons (Fsp3) is 0.222. The molecule has 0 aromatic heterocycles. The second-order valence-electron chi connectivity index (χ2n) is 5.05. The molecule has 0 heterocycles. The second kappa shape index (κ2) is 8.14. The fourth-order valence-electron chi connectivity index (χ4n) is 2.03. The lowest BCUT2D eigenvalue weighted by Gasteiger charge is -2.06. The number of carbonyl (C=O) groups excluding carboxylic acids is 2. The molecule has 5 heteroatoms. The summed E-state index contributed by atoms with van der Waals surface area (Å²) in [4.78, 5) is 23.8. The first-order chi connectivity index (χ1) is 11.0. The number of carbonyl (C=O) groups is 2. The molecule has 23 heavy (non-hydrogen) atoms. The summed E-state index contributed by atoms with van der Waals surface area (Å²) in [5, 5.41) is 0.897. The molecule has 2 aromatic carbocycles. The summed E-state index contributed by atoms with van der Waals surface area (Å²) in [6, 6.07) is 12.1. The van der Waals surface area contributed by atoms with Gasteiger partial charge in [-0.2, -0.15) is 0 Å². The third-order valence-electron chi connectivity index (χ3n) is 3.40. The van der Waals surface area contributed by atoms with Gasteiger partial charge >= 0.3 is 5.97 Å². The zero-order valence-corrected chi connectivity index (χ0v) is 14.2. The highest BCUT2D eigenvalue weighted by molar-refractivity contribution is 6.35. The van der Waals surface area contributed by atoms with E-state index in [0.717, 1.165) is 12.0 Å². The third-order valence-corrected chi connectivity index (χ3v) is 3.99. The minimum Gasteiger partial charge on any atom is -0.457 e. The quantitative estimate of drug-likeness (QED) is 0.568. The van der Waals surface area contributed by atoms with Gasteiger partial charge in [0.1, 0.15) is 0 Å². The maximum absolute atomic E-state index is 12.0. The Kier molecular flexibility index (Phi) is 6.20. The van der Waals surface area contributed by atoms with Crippen LogP contribution in [0.3, 0.4) is 0 Å². The van der Waals surface area contributed by atoms with Gasteiger partial charge in [0, 0.05) is 15.6 Å². The summed E-state index contributed by atoms with van der Waals surface area (Å²) in [7, 11) is 0. The predicted octanol–water partition coefficient (Wildman–Crippen LogP) is 4.52. The molecule has 0 bridgehead atoms. The Hall–Kier alpha value is -1.84. The van der Waals surface area contributed by atoms with E-state index in [1.54, 1.807) is 30.3 Å². The predicted molar refractivity (Wildman–Crippen MR) is 91.3 cm³/mol. The number of benzene rings is 2. The minimum absolute atomic E-state index is 0.00193. The zero-order chi connectivity index (χ0) is 16.8. The summed E-state index contributed by atoms with van der Waals surface area (Å²) in [6.07, 6.45) is 0.906. The van der Waals surface area contributed by atoms with Crippen LogP contribution < -0.4 is 0 Å². The number of esters is 1. The van der Waals surface area contributed by atoms with Crippen LogP contribution in [0.5, 0.6) is 0 Å². The summed E-state index contributed by atoms with van der Waals surface area (Å²) in [5.41, 5.74) is 2.29. The first-order valence-corrected chi connectivity index (χ1v) is 7.97. The molecule has 2 rings (SSSR count). The number of hydrogen-bond donors (Lipinski definition) is 0. The van der Waals surface area contributed by atoms with E-state index in [9.17, 15) is 9.59 Å². The molecule has 0 aliphatic heterocycles. The average Bonchev–Trinajstić information content (AvgIpc) is 2.55. The van der Waals surface area contributed by atoms with Crippen molar-refractivity contribution in [1.82, 2.24) is 0 Å². The van der Waals surface area contributed by atoms with E-state index in [0.29, 0.717) is 21.2 Å². The first kappa shape index (κ1) is 17.5. The molecule has 0 spiro atoms. The normalized spacial score (nSPS) is 10.4. The number of Topliss-reactive ketones (excluding diaryl/α,β-unsaturated/α-hetero) is 1. The summed E-state index contributed by atoms with van der Waals surface area (Å²) in [6.45, 7) is 1.76. The lowest BCUT2D eigenvalue weighted by Crippen LogP contribution is -2.15. The molecular formula is C18H16Cl2O3. The van der Waals surface area contributed by atoms with Crippen LogP contribution in [0.2, 0.25) is 10.0 Å². The highest BCUT2D eigenvalue weighted by atomic mass is 35.5. The number of halogens is 2. The topological polar surface area (TPSA) is 43.4 Å². The zero-order valence-electron chi connectivity index (χ0n) is 12.6. The number of rotatable bonds is 6. The molecule has 0 saturated heterocycles. The molecule has 0 aliphatic rings. The fourth-order valence-corrected chi connectivity index (χ4v) is 2.50. The van der Waals surface area contributed by atoms with Crippen LogP contribution in [0.15, 0.2) is 42.5 Å². The van der Waals surface area contributed by atoms with E-state index in [2.05, 4.69) is 0 Å². The highest BCUT2D eigenvalue weighted by Gasteiger charge is 2.12. The molecule has 0 unspecified atom stereocenters. The van der Waals surface area contributed by atoms with Crippen molar-refractivity contribution < 1.29 is 14.3 Å². The Morgan fingerprint density at radius 3 is 2.35 bits per heavy atom. The largest absolute Gasteiger partial charge is 0.457 e. The molecule has 0 radical (unpaired) electrons. The van der Waals surface area contributed by atoms with E-state index in [1.165, 1.54) is 0 Å². The van der Waals surface area contributed by atoms with Crippen LogP contribution in [0.1, 0.15) is 28.4 Å². The molecule has 0 fully saturated rings. The van der Waals surface area contributed by atoms with Gasteiger partial charge in [0.05, 0.1) is 6.42 Å². The Morgan fingerprint density at radius 2 is 1.74 bits per heavy atom. The van der Waals surface area contributed by atoms with E-state index in [4.69, 9.17) is 27.9 Å². The molecule has 3 nitrogen and oxygen atoms in total. The van der Waals surface area contributed by atoms with E-state index in [-0.39, 0.29) is 18.8 Å². The number of ether oxygens (including phenoxy) is 1. The molecule has 0 atom stereocenters. The Balaban J connectivity index is 1.89. The lowest BCUT2D eigenvalue weighted by molar-refractivity contribution is -0.141. The molecule has 120 valence electrons. The van der Waals surface area contributed by atoms with E-state index < -0.39 is 5.97 Å². The van der Waals surface area contributed by atoms with Crippen LogP contribution in [-0.2, 0) is 22.4 Å². The van der Waals surface area contributed by atoms with Gasteiger partial charge in [0.25, 0.3) is 0 Å². The van der Waals surface area contributed by atoms with Crippen LogP contribution in [0, 0.1) is 0 Å². The van der Waals surface area contributed by atoms with Crippen molar-refractivity contribution in [2.75, 3.05) is 6.61 Å². The van der Waals surface area contributed by atoms with Crippen molar-refractivity contribution in [2.45, 2.75) is 19.8 Å². The molecule has 0 N–H and O–H groups in total. The van der Waals surface area contributed by atoms with Gasteiger partial charge < -0.3 is 4.74 Å². The van der Waals surface area contributed by atoms with Crippen molar-refractivity contribution in [3.8, 4) is 0 Å². The van der Waals surface area contributed by atoms with Crippen molar-refractivity contribution in [3.63, 3.8) is 0 Å². The number of aryl methyl sites for hydroxylation is 1. The molecule has 0 saturated carbocycles. The molecule has 0 aliphatic carbocycles. The van der Waals surface area contributed by atoms with Crippen LogP contribution in [-0.4, -0.2) is 18.4 Å². The van der Waals surface area contributed by atoms with Crippen molar-refractivity contribution >= 4 is 35.0 Å². The SMILES string of the molecule is CCc1ccc(C(=O)COC(=O)Cc2ccc(Cl)cc2Cl)cc1. The summed E-state index contributed by atoms with van der Waals surface area (Å²) in [5.74, 6) is -0.740. The van der Waals surface area contributed by atoms with Crippen LogP contribution in [0.4, 0.5) is 0 Å².